The van der Waals surface area contributed by atoms with Crippen molar-refractivity contribution in [3.63, 3.8) is 0 Å². The third-order valence-corrected chi connectivity index (χ3v) is 3.79. The molecule has 1 aromatic rings. The number of hydrogen-bond donors (Lipinski definition) is 3. The van der Waals surface area contributed by atoms with Crippen LogP contribution in [0.1, 0.15) is 54.1 Å². The predicted octanol–water partition coefficient (Wildman–Crippen LogP) is 3.09. The molecule has 0 bridgehead atoms. The Labute approximate surface area is 119 Å². The monoisotopic (exact) mass is 285 g/mol. The third kappa shape index (κ3) is 3.61. The van der Waals surface area contributed by atoms with Gasteiger partial charge in [-0.2, -0.15) is 0 Å². The first-order valence-corrected chi connectivity index (χ1v) is 6.41. The Kier molecular flexibility index (Phi) is 5.63. The van der Waals surface area contributed by atoms with Crippen molar-refractivity contribution < 1.29 is 15.0 Å². The Morgan fingerprint density at radius 1 is 1.26 bits per heavy atom. The van der Waals surface area contributed by atoms with E-state index in [0.717, 1.165) is 18.4 Å². The van der Waals surface area contributed by atoms with Crippen LogP contribution in [0.5, 0.6) is 5.75 Å². The summed E-state index contributed by atoms with van der Waals surface area (Å²) in [7, 11) is 0. The maximum absolute atomic E-state index is 11.0. The molecule has 0 amide bonds. The van der Waals surface area contributed by atoms with Gasteiger partial charge in [-0.1, -0.05) is 25.3 Å². The molecule has 0 saturated heterocycles. The van der Waals surface area contributed by atoms with Gasteiger partial charge in [0.1, 0.15) is 11.3 Å². The zero-order chi connectivity index (χ0) is 13.1. The largest absolute Gasteiger partial charge is 0.507 e. The number of carboxylic acids is 1. The van der Waals surface area contributed by atoms with Crippen LogP contribution >= 0.6 is 12.4 Å². The first-order chi connectivity index (χ1) is 8.59. The molecule has 19 heavy (non-hydrogen) atoms. The van der Waals surface area contributed by atoms with Crippen LogP contribution in [-0.2, 0) is 0 Å². The number of carboxylic acid groups (broad SMARTS) is 1. The quantitative estimate of drug-likeness (QED) is 0.797. The summed E-state index contributed by atoms with van der Waals surface area (Å²) >= 11 is 0. The van der Waals surface area contributed by atoms with Gasteiger partial charge in [0.15, 0.2) is 0 Å². The number of nitrogens with two attached hydrogens (primary N) is 1. The molecule has 0 heterocycles. The number of hydrogen-bond acceptors (Lipinski definition) is 3. The molecule has 1 fully saturated rings. The lowest BCUT2D eigenvalue weighted by atomic mass is 9.81. The smallest absolute Gasteiger partial charge is 0.339 e. The van der Waals surface area contributed by atoms with Crippen molar-refractivity contribution in [2.24, 2.45) is 11.7 Å². The van der Waals surface area contributed by atoms with E-state index in [2.05, 4.69) is 0 Å². The Morgan fingerprint density at radius 3 is 2.47 bits per heavy atom. The fraction of sp³-hybridized carbons (Fsp3) is 0.500. The van der Waals surface area contributed by atoms with Crippen LogP contribution in [0.25, 0.3) is 0 Å². The summed E-state index contributed by atoms with van der Waals surface area (Å²) in [6, 6.07) is 4.50. The number of aromatic hydroxyl groups is 1. The van der Waals surface area contributed by atoms with E-state index in [1.165, 1.54) is 31.4 Å². The maximum atomic E-state index is 11.0. The molecule has 4 nitrogen and oxygen atoms in total. The van der Waals surface area contributed by atoms with E-state index in [4.69, 9.17) is 10.8 Å². The molecular formula is C14H20ClNO3. The number of carbonyl (C=O) groups is 1. The lowest BCUT2D eigenvalue weighted by molar-refractivity contribution is 0.0693. The summed E-state index contributed by atoms with van der Waals surface area (Å²) in [5.41, 5.74) is 6.95. The molecule has 1 atom stereocenters. The molecule has 1 aliphatic rings. The van der Waals surface area contributed by atoms with E-state index in [1.807, 2.05) is 0 Å². The highest BCUT2D eigenvalue weighted by molar-refractivity contribution is 5.90. The van der Waals surface area contributed by atoms with E-state index < -0.39 is 5.97 Å². The Bertz CT molecular complexity index is 444. The van der Waals surface area contributed by atoms with Crippen molar-refractivity contribution in [1.29, 1.82) is 0 Å². The van der Waals surface area contributed by atoms with Gasteiger partial charge in [-0.05, 0) is 36.5 Å². The Hall–Kier alpha value is -1.26. The van der Waals surface area contributed by atoms with Crippen LogP contribution in [0.4, 0.5) is 0 Å². The van der Waals surface area contributed by atoms with Crippen LogP contribution in [0.3, 0.4) is 0 Å². The van der Waals surface area contributed by atoms with Crippen molar-refractivity contribution in [2.75, 3.05) is 0 Å². The third-order valence-electron chi connectivity index (χ3n) is 3.79. The number of halogens is 1. The van der Waals surface area contributed by atoms with Crippen molar-refractivity contribution >= 4 is 18.4 Å². The summed E-state index contributed by atoms with van der Waals surface area (Å²) in [4.78, 5) is 11.0. The van der Waals surface area contributed by atoms with E-state index in [1.54, 1.807) is 6.07 Å². The van der Waals surface area contributed by atoms with Crippen LogP contribution < -0.4 is 5.73 Å². The molecule has 106 valence electrons. The number of phenols is 1. The normalized spacial score (nSPS) is 17.5. The zero-order valence-corrected chi connectivity index (χ0v) is 11.5. The van der Waals surface area contributed by atoms with Crippen LogP contribution in [-0.4, -0.2) is 16.2 Å². The number of aromatic carboxylic acids is 1. The van der Waals surface area contributed by atoms with Crippen LogP contribution in [0, 0.1) is 5.92 Å². The SMILES string of the molecule is Cl.N[C@@H](c1ccc(O)c(C(=O)O)c1)C1CCCCC1. The van der Waals surface area contributed by atoms with Crippen molar-refractivity contribution in [2.45, 2.75) is 38.1 Å². The average molecular weight is 286 g/mol. The minimum Gasteiger partial charge on any atom is -0.507 e. The van der Waals surface area contributed by atoms with Gasteiger partial charge < -0.3 is 15.9 Å². The predicted molar refractivity (Wildman–Crippen MR) is 75.8 cm³/mol. The van der Waals surface area contributed by atoms with Gasteiger partial charge in [0.05, 0.1) is 0 Å². The van der Waals surface area contributed by atoms with Gasteiger partial charge in [0, 0.05) is 6.04 Å². The Morgan fingerprint density at radius 2 is 1.89 bits per heavy atom. The van der Waals surface area contributed by atoms with E-state index in [0.29, 0.717) is 5.92 Å². The van der Waals surface area contributed by atoms with E-state index >= 15 is 0 Å². The minimum atomic E-state index is -1.12. The fourth-order valence-corrected chi connectivity index (χ4v) is 2.70. The molecule has 0 aromatic heterocycles. The topological polar surface area (TPSA) is 83.5 Å². The van der Waals surface area contributed by atoms with Gasteiger partial charge in [-0.15, -0.1) is 12.4 Å². The second-order valence-electron chi connectivity index (χ2n) is 5.01. The highest BCUT2D eigenvalue weighted by Crippen LogP contribution is 2.34. The summed E-state index contributed by atoms with van der Waals surface area (Å²) in [6.45, 7) is 0. The molecule has 1 aliphatic carbocycles. The van der Waals surface area contributed by atoms with Crippen molar-refractivity contribution in [3.05, 3.63) is 29.3 Å². The van der Waals surface area contributed by atoms with Crippen LogP contribution in [0.2, 0.25) is 0 Å². The highest BCUT2D eigenvalue weighted by Gasteiger charge is 2.23. The molecular weight excluding hydrogens is 266 g/mol. The average Bonchev–Trinajstić information content (AvgIpc) is 2.39. The first kappa shape index (κ1) is 15.8. The summed E-state index contributed by atoms with van der Waals surface area (Å²) in [5, 5.41) is 18.5. The second-order valence-corrected chi connectivity index (χ2v) is 5.01. The first-order valence-electron chi connectivity index (χ1n) is 6.41. The van der Waals surface area contributed by atoms with E-state index in [-0.39, 0.29) is 29.8 Å². The molecule has 0 aliphatic heterocycles. The van der Waals surface area contributed by atoms with Gasteiger partial charge in [-0.3, -0.25) is 0 Å². The molecule has 4 N–H and O–H groups in total. The van der Waals surface area contributed by atoms with Gasteiger partial charge in [0.25, 0.3) is 0 Å². The standard InChI is InChI=1S/C14H19NO3.ClH/c15-13(9-4-2-1-3-5-9)10-6-7-12(16)11(8-10)14(17)18;/h6-9,13,16H,1-5,15H2,(H,17,18);1H/t13-;/m1./s1. The van der Waals surface area contributed by atoms with Crippen molar-refractivity contribution in [3.8, 4) is 5.75 Å². The molecule has 2 rings (SSSR count). The minimum absolute atomic E-state index is 0. The zero-order valence-electron chi connectivity index (χ0n) is 10.7. The number of benzene rings is 1. The molecule has 0 unspecified atom stereocenters. The Balaban J connectivity index is 0.00000180. The summed E-state index contributed by atoms with van der Waals surface area (Å²) in [6.07, 6.45) is 5.86. The highest BCUT2D eigenvalue weighted by atomic mass is 35.5. The number of rotatable bonds is 3. The lowest BCUT2D eigenvalue weighted by Gasteiger charge is -2.28. The maximum Gasteiger partial charge on any atom is 0.339 e. The molecule has 1 saturated carbocycles. The van der Waals surface area contributed by atoms with Crippen LogP contribution in [0.15, 0.2) is 18.2 Å². The fourth-order valence-electron chi connectivity index (χ4n) is 2.70. The molecule has 0 radical (unpaired) electrons. The lowest BCUT2D eigenvalue weighted by Crippen LogP contribution is -2.23. The van der Waals surface area contributed by atoms with Crippen molar-refractivity contribution in [1.82, 2.24) is 0 Å². The second kappa shape index (κ2) is 6.78. The van der Waals surface area contributed by atoms with Gasteiger partial charge >= 0.3 is 5.97 Å². The van der Waals surface area contributed by atoms with E-state index in [9.17, 15) is 9.90 Å². The summed E-state index contributed by atoms with van der Waals surface area (Å²) in [5.74, 6) is -0.905. The molecule has 1 aromatic carbocycles. The molecule has 5 heteroatoms. The van der Waals surface area contributed by atoms with Gasteiger partial charge in [-0.25, -0.2) is 4.79 Å². The summed E-state index contributed by atoms with van der Waals surface area (Å²) < 4.78 is 0. The molecule has 0 spiro atoms. The van der Waals surface area contributed by atoms with Gasteiger partial charge in [0.2, 0.25) is 0 Å².